The molecule has 0 spiro atoms. The van der Waals surface area contributed by atoms with Crippen LogP contribution in [0.15, 0.2) is 12.2 Å². The average Bonchev–Trinajstić information content (AvgIpc) is 1.85. The quantitative estimate of drug-likeness (QED) is 0.446. The predicted octanol–water partition coefficient (Wildman–Crippen LogP) is 1.77. The van der Waals surface area contributed by atoms with Gasteiger partial charge in [-0.2, -0.15) is 9.90 Å². The summed E-state index contributed by atoms with van der Waals surface area (Å²) < 4.78 is 4.21. The summed E-state index contributed by atoms with van der Waals surface area (Å²) in [5.41, 5.74) is 0. The third kappa shape index (κ3) is 5.15. The van der Waals surface area contributed by atoms with E-state index in [1.165, 1.54) is 0 Å². The summed E-state index contributed by atoms with van der Waals surface area (Å²) in [6.07, 6.45) is 2.25. The summed E-state index contributed by atoms with van der Waals surface area (Å²) in [4.78, 5) is 9.75. The first-order valence-corrected chi connectivity index (χ1v) is 3.13. The maximum atomic E-state index is 9.75. The Balaban J connectivity index is 3.39. The Bertz CT molecular complexity index is 129. The Morgan fingerprint density at radius 1 is 1.70 bits per heavy atom. The fraction of sp³-hybridized carbons (Fsp3) is 0.571. The van der Waals surface area contributed by atoms with Gasteiger partial charge in [0, 0.05) is 5.92 Å². The molecule has 10 heavy (non-hydrogen) atoms. The maximum absolute atomic E-state index is 9.75. The number of ether oxygens (including phenoxy) is 1. The molecule has 0 amide bonds. The van der Waals surface area contributed by atoms with Crippen molar-refractivity contribution < 1.29 is 14.6 Å². The highest BCUT2D eigenvalue weighted by Crippen LogP contribution is 1.97. The van der Waals surface area contributed by atoms with Crippen molar-refractivity contribution in [3.8, 4) is 0 Å². The molecule has 1 radical (unpaired) electrons. The van der Waals surface area contributed by atoms with E-state index in [1.807, 2.05) is 26.0 Å². The van der Waals surface area contributed by atoms with E-state index in [4.69, 9.17) is 0 Å². The predicted molar refractivity (Wildman–Crippen MR) is 36.0 cm³/mol. The summed E-state index contributed by atoms with van der Waals surface area (Å²) in [6.45, 7) is 3.91. The van der Waals surface area contributed by atoms with E-state index in [-0.39, 0.29) is 12.5 Å². The zero-order valence-corrected chi connectivity index (χ0v) is 6.16. The number of hydrogen-bond donors (Lipinski definition) is 0. The molecule has 0 saturated carbocycles. The molecule has 0 heterocycles. The zero-order chi connectivity index (χ0) is 7.98. The van der Waals surface area contributed by atoms with Gasteiger partial charge in [0.2, 0.25) is 0 Å². The van der Waals surface area contributed by atoms with Crippen LogP contribution in [-0.4, -0.2) is 12.8 Å². The molecule has 0 fully saturated rings. The first kappa shape index (κ1) is 9.01. The summed E-state index contributed by atoms with van der Waals surface area (Å²) in [7, 11) is 0. The second-order valence-electron chi connectivity index (χ2n) is 2.06. The fourth-order valence-electron chi connectivity index (χ4n) is 0.584. The molecule has 1 unspecified atom stereocenters. The van der Waals surface area contributed by atoms with Gasteiger partial charge in [0.15, 0.2) is 0 Å². The molecule has 0 rings (SSSR count). The molecule has 0 aromatic heterocycles. The highest BCUT2D eigenvalue weighted by molar-refractivity contribution is 5.56. The van der Waals surface area contributed by atoms with E-state index in [9.17, 15) is 9.90 Å². The summed E-state index contributed by atoms with van der Waals surface area (Å²) in [6, 6.07) is 0. The molecule has 0 aliphatic carbocycles. The summed E-state index contributed by atoms with van der Waals surface area (Å²) >= 11 is 0. The Morgan fingerprint density at radius 3 is 2.70 bits per heavy atom. The van der Waals surface area contributed by atoms with Gasteiger partial charge in [-0.15, -0.1) is 0 Å². The molecule has 0 saturated heterocycles. The second-order valence-corrected chi connectivity index (χ2v) is 2.06. The van der Waals surface area contributed by atoms with Gasteiger partial charge in [-0.3, -0.25) is 0 Å². The van der Waals surface area contributed by atoms with E-state index in [0.717, 1.165) is 0 Å². The van der Waals surface area contributed by atoms with Crippen molar-refractivity contribution in [2.45, 2.75) is 13.8 Å². The molecule has 0 aliphatic heterocycles. The highest BCUT2D eigenvalue weighted by atomic mass is 16.7. The first-order chi connectivity index (χ1) is 4.66. The largest absolute Gasteiger partial charge is 0.550 e. The van der Waals surface area contributed by atoms with Crippen LogP contribution in [0.2, 0.25) is 0 Å². The third-order valence-electron chi connectivity index (χ3n) is 0.985. The van der Waals surface area contributed by atoms with Crippen molar-refractivity contribution in [3.05, 3.63) is 12.2 Å². The van der Waals surface area contributed by atoms with Crippen LogP contribution in [0, 0.1) is 5.92 Å². The van der Waals surface area contributed by atoms with Gasteiger partial charge in [-0.1, -0.05) is 19.1 Å². The number of hydrogen-bond acceptors (Lipinski definition) is 2. The lowest BCUT2D eigenvalue weighted by atomic mass is 10.2. The molecule has 3 nitrogen and oxygen atoms in total. The van der Waals surface area contributed by atoms with E-state index in [1.54, 1.807) is 0 Å². The van der Waals surface area contributed by atoms with Crippen molar-refractivity contribution in [1.29, 1.82) is 0 Å². The molecule has 1 atom stereocenters. The van der Waals surface area contributed by atoms with Gasteiger partial charge >= 0.3 is 6.16 Å². The van der Waals surface area contributed by atoms with E-state index in [0.29, 0.717) is 0 Å². The van der Waals surface area contributed by atoms with Gasteiger partial charge in [-0.25, -0.2) is 0 Å². The first-order valence-electron chi connectivity index (χ1n) is 3.13. The van der Waals surface area contributed by atoms with Gasteiger partial charge < -0.3 is 4.74 Å². The van der Waals surface area contributed by atoms with E-state index < -0.39 is 6.16 Å². The van der Waals surface area contributed by atoms with Crippen LogP contribution in [0.25, 0.3) is 0 Å². The van der Waals surface area contributed by atoms with Crippen molar-refractivity contribution >= 4 is 6.16 Å². The third-order valence-corrected chi connectivity index (χ3v) is 0.985. The van der Waals surface area contributed by atoms with Gasteiger partial charge in [0.1, 0.15) is 6.61 Å². The molecular formula is C7H11O3. The molecule has 0 aromatic carbocycles. The molecule has 3 heteroatoms. The lowest BCUT2D eigenvalue weighted by molar-refractivity contribution is 0.0616. The normalized spacial score (nSPS) is 13.4. The van der Waals surface area contributed by atoms with Gasteiger partial charge in [-0.05, 0) is 6.92 Å². The SMILES string of the molecule is C/C=C/C(C)COC([O])=O. The molecule has 57 valence electrons. The second kappa shape index (κ2) is 4.85. The van der Waals surface area contributed by atoms with E-state index in [2.05, 4.69) is 4.74 Å². The van der Waals surface area contributed by atoms with Crippen LogP contribution in [0.5, 0.6) is 0 Å². The molecular weight excluding hydrogens is 132 g/mol. The van der Waals surface area contributed by atoms with Crippen molar-refractivity contribution in [1.82, 2.24) is 0 Å². The summed E-state index contributed by atoms with van der Waals surface area (Å²) in [5, 5.41) is 9.75. The minimum Gasteiger partial charge on any atom is -0.431 e. The van der Waals surface area contributed by atoms with Crippen molar-refractivity contribution in [3.63, 3.8) is 0 Å². The highest BCUT2D eigenvalue weighted by Gasteiger charge is 2.01. The van der Waals surface area contributed by atoms with Crippen LogP contribution in [0.4, 0.5) is 4.79 Å². The molecule has 0 aromatic rings. The Hall–Kier alpha value is -0.990. The molecule has 0 aliphatic rings. The van der Waals surface area contributed by atoms with Gasteiger partial charge in [0.05, 0.1) is 0 Å². The van der Waals surface area contributed by atoms with Gasteiger partial charge in [0.25, 0.3) is 0 Å². The number of carbonyl (C=O) groups is 1. The number of rotatable bonds is 3. The summed E-state index contributed by atoms with van der Waals surface area (Å²) in [5.74, 6) is 0.128. The van der Waals surface area contributed by atoms with E-state index >= 15 is 0 Å². The van der Waals surface area contributed by atoms with Crippen LogP contribution < -0.4 is 0 Å². The maximum Gasteiger partial charge on any atom is 0.550 e. The fourth-order valence-corrected chi connectivity index (χ4v) is 0.584. The smallest absolute Gasteiger partial charge is 0.431 e. The topological polar surface area (TPSA) is 46.2 Å². The lowest BCUT2D eigenvalue weighted by Gasteiger charge is -2.02. The Morgan fingerprint density at radius 2 is 2.30 bits per heavy atom. The zero-order valence-electron chi connectivity index (χ0n) is 6.16. The molecule has 0 bridgehead atoms. The van der Waals surface area contributed by atoms with Crippen LogP contribution in [0.1, 0.15) is 13.8 Å². The minimum atomic E-state index is -1.46. The van der Waals surface area contributed by atoms with Crippen LogP contribution in [0.3, 0.4) is 0 Å². The standard InChI is InChI=1S/C7H11O3/c1-3-4-6(2)5-10-7(8)9/h3-4,6H,5H2,1-2H3/b4-3+. The van der Waals surface area contributed by atoms with Crippen LogP contribution >= 0.6 is 0 Å². The van der Waals surface area contributed by atoms with Crippen molar-refractivity contribution in [2.75, 3.05) is 6.61 Å². The molecule has 0 N–H and O–H groups in total. The monoisotopic (exact) mass is 143 g/mol. The number of allylic oxidation sites excluding steroid dienone is 1. The van der Waals surface area contributed by atoms with Crippen molar-refractivity contribution in [2.24, 2.45) is 5.92 Å². The Kier molecular flexibility index (Phi) is 4.37. The van der Waals surface area contributed by atoms with Crippen LogP contribution in [-0.2, 0) is 9.84 Å². The Labute approximate surface area is 60.3 Å². The minimum absolute atomic E-state index is 0.128. The lowest BCUT2D eigenvalue weighted by Crippen LogP contribution is -2.06. The number of carbonyl (C=O) groups excluding carboxylic acids is 1. The average molecular weight is 143 g/mol.